The Kier molecular flexibility index (Phi) is 1.60. The Bertz CT molecular complexity index is 419. The second kappa shape index (κ2) is 2.72. The summed E-state index contributed by atoms with van der Waals surface area (Å²) in [6.07, 6.45) is 0.549. The molecular weight excluding hydrogens is 200 g/mol. The topological polar surface area (TPSA) is 32.3 Å². The predicted molar refractivity (Wildman–Crippen MR) is 52.5 cm³/mol. The molecule has 2 heterocycles. The van der Waals surface area contributed by atoms with Crippen molar-refractivity contribution >= 4 is 17.5 Å². The number of rotatable bonds is 0. The summed E-state index contributed by atoms with van der Waals surface area (Å²) in [4.78, 5) is 11.2. The van der Waals surface area contributed by atoms with Gasteiger partial charge in [-0.15, -0.1) is 0 Å². The zero-order valence-corrected chi connectivity index (χ0v) is 8.21. The molecule has 0 aromatic heterocycles. The van der Waals surface area contributed by atoms with Crippen LogP contribution in [0.4, 0.5) is 0 Å². The van der Waals surface area contributed by atoms with E-state index in [1.165, 1.54) is 5.56 Å². The molecule has 1 saturated heterocycles. The zero-order valence-electron chi connectivity index (χ0n) is 7.46. The van der Waals surface area contributed by atoms with E-state index in [1.54, 1.807) is 0 Å². The number of amides is 1. The number of nitrogens with zero attached hydrogens (tertiary/aromatic N) is 1. The fourth-order valence-corrected chi connectivity index (χ4v) is 2.46. The molecule has 0 bridgehead atoms. The lowest BCUT2D eigenvalue weighted by atomic mass is 10.0. The molecule has 0 radical (unpaired) electrons. The number of hydrazine groups is 1. The third kappa shape index (κ3) is 0.996. The van der Waals surface area contributed by atoms with Crippen LogP contribution in [-0.4, -0.2) is 10.9 Å². The smallest absolute Gasteiger partial charge is 0.236 e. The lowest BCUT2D eigenvalue weighted by Gasteiger charge is -2.12. The van der Waals surface area contributed by atoms with Crippen LogP contribution >= 0.6 is 11.6 Å². The van der Waals surface area contributed by atoms with Gasteiger partial charge in [0, 0.05) is 18.0 Å². The molecule has 1 fully saturated rings. The van der Waals surface area contributed by atoms with Gasteiger partial charge in [-0.3, -0.25) is 10.2 Å². The molecule has 2 aliphatic heterocycles. The number of nitrogens with one attached hydrogen (secondary N) is 1. The fraction of sp³-hybridized carbons (Fsp3) is 0.300. The molecule has 1 N–H and O–H groups in total. The quantitative estimate of drug-likeness (QED) is 0.703. The highest BCUT2D eigenvalue weighted by molar-refractivity contribution is 6.31. The lowest BCUT2D eigenvalue weighted by molar-refractivity contribution is -0.121. The average Bonchev–Trinajstić information content (AvgIpc) is 2.63. The molecule has 72 valence electrons. The summed E-state index contributed by atoms with van der Waals surface area (Å²) < 4.78 is 0. The summed E-state index contributed by atoms with van der Waals surface area (Å²) in [5.74, 6) is 0.0978. The predicted octanol–water partition coefficient (Wildman–Crippen LogP) is 1.63. The van der Waals surface area contributed by atoms with Crippen LogP contribution in [0.25, 0.3) is 0 Å². The number of fused-ring (bicyclic) bond motifs is 3. The van der Waals surface area contributed by atoms with Gasteiger partial charge in [0.2, 0.25) is 5.91 Å². The van der Waals surface area contributed by atoms with Crippen molar-refractivity contribution in [3.05, 3.63) is 34.3 Å². The van der Waals surface area contributed by atoms with E-state index in [9.17, 15) is 4.79 Å². The highest BCUT2D eigenvalue weighted by Gasteiger charge is 2.38. The van der Waals surface area contributed by atoms with E-state index in [0.717, 1.165) is 17.1 Å². The van der Waals surface area contributed by atoms with Gasteiger partial charge in [0.15, 0.2) is 0 Å². The molecule has 2 aliphatic rings. The van der Waals surface area contributed by atoms with E-state index in [4.69, 9.17) is 11.6 Å². The number of hydrogen-bond acceptors (Lipinski definition) is 2. The summed E-state index contributed by atoms with van der Waals surface area (Å²) in [5, 5.41) is 2.75. The highest BCUT2D eigenvalue weighted by Crippen LogP contribution is 2.40. The first kappa shape index (κ1) is 8.26. The van der Waals surface area contributed by atoms with E-state index in [2.05, 4.69) is 5.43 Å². The Labute approximate surface area is 86.6 Å². The molecule has 0 spiro atoms. The van der Waals surface area contributed by atoms with Crippen molar-refractivity contribution in [1.29, 1.82) is 0 Å². The van der Waals surface area contributed by atoms with E-state index >= 15 is 0 Å². The highest BCUT2D eigenvalue weighted by atomic mass is 35.5. The molecule has 0 saturated carbocycles. The second-order valence-electron chi connectivity index (χ2n) is 3.69. The van der Waals surface area contributed by atoms with Crippen molar-refractivity contribution in [3.63, 3.8) is 0 Å². The molecule has 0 aliphatic carbocycles. The van der Waals surface area contributed by atoms with Crippen molar-refractivity contribution in [2.75, 3.05) is 0 Å². The van der Waals surface area contributed by atoms with Gasteiger partial charge in [0.1, 0.15) is 0 Å². The van der Waals surface area contributed by atoms with Crippen LogP contribution < -0.4 is 5.43 Å². The van der Waals surface area contributed by atoms with Crippen molar-refractivity contribution in [2.24, 2.45) is 0 Å². The summed E-state index contributed by atoms with van der Waals surface area (Å²) in [7, 11) is 0. The molecule has 1 amide bonds. The Hall–Kier alpha value is -1.06. The van der Waals surface area contributed by atoms with Crippen molar-refractivity contribution in [1.82, 2.24) is 10.4 Å². The summed E-state index contributed by atoms with van der Waals surface area (Å²) in [6.45, 7) is 0.728. The number of carbonyl (C=O) groups is 1. The normalized spacial score (nSPS) is 24.6. The summed E-state index contributed by atoms with van der Waals surface area (Å²) in [6, 6.07) is 6.07. The molecule has 14 heavy (non-hydrogen) atoms. The van der Waals surface area contributed by atoms with Crippen molar-refractivity contribution in [2.45, 2.75) is 19.0 Å². The van der Waals surface area contributed by atoms with Crippen LogP contribution in [0, 0.1) is 0 Å². The van der Waals surface area contributed by atoms with Crippen molar-refractivity contribution in [3.8, 4) is 0 Å². The van der Waals surface area contributed by atoms with Gasteiger partial charge < -0.3 is 0 Å². The van der Waals surface area contributed by atoms with Gasteiger partial charge >= 0.3 is 0 Å². The molecule has 1 aromatic rings. The van der Waals surface area contributed by atoms with Gasteiger partial charge in [0.25, 0.3) is 0 Å². The van der Waals surface area contributed by atoms with Gasteiger partial charge in [-0.1, -0.05) is 23.7 Å². The Morgan fingerprint density at radius 2 is 2.36 bits per heavy atom. The number of benzene rings is 1. The first-order valence-electron chi connectivity index (χ1n) is 4.59. The molecule has 1 unspecified atom stereocenters. The minimum atomic E-state index is 0.0978. The van der Waals surface area contributed by atoms with Crippen LogP contribution in [0.2, 0.25) is 5.02 Å². The van der Waals surface area contributed by atoms with Crippen LogP contribution in [-0.2, 0) is 11.3 Å². The van der Waals surface area contributed by atoms with Crippen LogP contribution in [0.3, 0.4) is 0 Å². The summed E-state index contributed by atoms with van der Waals surface area (Å²) in [5.41, 5.74) is 5.17. The third-order valence-electron chi connectivity index (χ3n) is 2.87. The van der Waals surface area contributed by atoms with Crippen LogP contribution in [0.5, 0.6) is 0 Å². The first-order valence-corrected chi connectivity index (χ1v) is 4.97. The maximum absolute atomic E-state index is 11.2. The monoisotopic (exact) mass is 208 g/mol. The summed E-state index contributed by atoms with van der Waals surface area (Å²) >= 11 is 6.08. The van der Waals surface area contributed by atoms with E-state index < -0.39 is 0 Å². The third-order valence-corrected chi connectivity index (χ3v) is 3.22. The lowest BCUT2D eigenvalue weighted by Crippen LogP contribution is -2.30. The van der Waals surface area contributed by atoms with Crippen molar-refractivity contribution < 1.29 is 4.79 Å². The minimum absolute atomic E-state index is 0.0978. The SMILES string of the molecule is O=C1CC2c3cccc(Cl)c3CN2N1. The molecule has 1 aromatic carbocycles. The largest absolute Gasteiger partial charge is 0.288 e. The zero-order chi connectivity index (χ0) is 9.71. The standard InChI is InChI=1S/C10H9ClN2O/c11-8-3-1-2-6-7(8)5-13-9(6)4-10(14)12-13/h1-3,9H,4-5H2,(H,12,14). The molecular formula is C10H9ClN2O. The maximum atomic E-state index is 11.2. The van der Waals surface area contributed by atoms with E-state index in [0.29, 0.717) is 6.42 Å². The van der Waals surface area contributed by atoms with E-state index in [1.807, 2.05) is 23.2 Å². The van der Waals surface area contributed by atoms with Gasteiger partial charge in [-0.2, -0.15) is 0 Å². The fourth-order valence-electron chi connectivity index (χ4n) is 2.22. The molecule has 4 heteroatoms. The average molecular weight is 209 g/mol. The van der Waals surface area contributed by atoms with Gasteiger partial charge in [0.05, 0.1) is 6.04 Å². The number of carbonyl (C=O) groups excluding carboxylic acids is 1. The number of halogens is 1. The molecule has 3 rings (SSSR count). The van der Waals surface area contributed by atoms with Gasteiger partial charge in [-0.05, 0) is 17.2 Å². The van der Waals surface area contributed by atoms with Crippen LogP contribution in [0.15, 0.2) is 18.2 Å². The van der Waals surface area contributed by atoms with Crippen LogP contribution in [0.1, 0.15) is 23.6 Å². The Balaban J connectivity index is 2.09. The number of hydrogen-bond donors (Lipinski definition) is 1. The molecule has 3 nitrogen and oxygen atoms in total. The Morgan fingerprint density at radius 3 is 3.21 bits per heavy atom. The first-order chi connectivity index (χ1) is 6.75. The van der Waals surface area contributed by atoms with E-state index in [-0.39, 0.29) is 11.9 Å². The second-order valence-corrected chi connectivity index (χ2v) is 4.10. The Morgan fingerprint density at radius 1 is 1.50 bits per heavy atom. The molecule has 1 atom stereocenters. The maximum Gasteiger partial charge on any atom is 0.236 e. The van der Waals surface area contributed by atoms with Gasteiger partial charge in [-0.25, -0.2) is 5.01 Å². The minimum Gasteiger partial charge on any atom is -0.288 e.